The average Bonchev–Trinajstić information content (AvgIpc) is 2.14. The van der Waals surface area contributed by atoms with Gasteiger partial charge in [-0.3, -0.25) is 0 Å². The summed E-state index contributed by atoms with van der Waals surface area (Å²) in [6.07, 6.45) is 0. The van der Waals surface area contributed by atoms with Crippen LogP contribution in [-0.2, 0) is 0 Å². The normalized spacial score (nSPS) is 10.6. The minimum atomic E-state index is -0.907. The summed E-state index contributed by atoms with van der Waals surface area (Å²) in [6.45, 7) is 6.84. The van der Waals surface area contributed by atoms with Crippen LogP contribution in [0.1, 0.15) is 29.8 Å². The van der Waals surface area contributed by atoms with E-state index in [0.717, 1.165) is 16.6 Å². The van der Waals surface area contributed by atoms with Gasteiger partial charge in [-0.05, 0) is 30.5 Å². The fraction of sp³-hybridized carbons (Fsp3) is 0.417. The minimum Gasteiger partial charge on any atom is -0.478 e. The minimum absolute atomic E-state index is 0.313. The van der Waals surface area contributed by atoms with Crippen molar-refractivity contribution in [1.82, 2.24) is 0 Å². The van der Waals surface area contributed by atoms with E-state index in [0.29, 0.717) is 17.2 Å². The lowest BCUT2D eigenvalue weighted by Crippen LogP contribution is -2.13. The monoisotopic (exact) mass is 285 g/mol. The Morgan fingerprint density at radius 3 is 2.62 bits per heavy atom. The standard InChI is InChI=1S/C12H16BrNO2/c1-7(2)6-14-11-8(3)4-9(13)5-10(11)12(15)16/h4-5,7,14H,6H2,1-3H3,(H,15,16). The van der Waals surface area contributed by atoms with Crippen molar-refractivity contribution in [3.05, 3.63) is 27.7 Å². The third-order valence-corrected chi connectivity index (χ3v) is 2.68. The van der Waals surface area contributed by atoms with E-state index in [1.807, 2.05) is 13.0 Å². The Labute approximate surface area is 104 Å². The van der Waals surface area contributed by atoms with Gasteiger partial charge in [0, 0.05) is 11.0 Å². The first kappa shape index (κ1) is 13.0. The molecule has 88 valence electrons. The number of halogens is 1. The summed E-state index contributed by atoms with van der Waals surface area (Å²) in [5.74, 6) is -0.430. The molecule has 0 bridgehead atoms. The zero-order chi connectivity index (χ0) is 12.3. The average molecular weight is 286 g/mol. The van der Waals surface area contributed by atoms with Crippen molar-refractivity contribution < 1.29 is 9.90 Å². The Balaban J connectivity index is 3.09. The summed E-state index contributed by atoms with van der Waals surface area (Å²) >= 11 is 3.30. The van der Waals surface area contributed by atoms with E-state index in [2.05, 4.69) is 35.1 Å². The van der Waals surface area contributed by atoms with Crippen LogP contribution >= 0.6 is 15.9 Å². The van der Waals surface area contributed by atoms with Gasteiger partial charge in [0.2, 0.25) is 0 Å². The molecule has 0 aliphatic heterocycles. The molecule has 0 atom stereocenters. The first-order chi connectivity index (χ1) is 7.41. The second-order valence-electron chi connectivity index (χ2n) is 4.23. The van der Waals surface area contributed by atoms with Crippen LogP contribution in [0, 0.1) is 12.8 Å². The molecule has 1 aromatic carbocycles. The van der Waals surface area contributed by atoms with E-state index in [1.54, 1.807) is 6.07 Å². The van der Waals surface area contributed by atoms with Gasteiger partial charge in [0.1, 0.15) is 0 Å². The Kier molecular flexibility index (Phi) is 4.35. The number of benzene rings is 1. The molecule has 16 heavy (non-hydrogen) atoms. The van der Waals surface area contributed by atoms with Gasteiger partial charge in [-0.1, -0.05) is 29.8 Å². The third-order valence-electron chi connectivity index (χ3n) is 2.22. The van der Waals surface area contributed by atoms with E-state index in [1.165, 1.54) is 0 Å². The highest BCUT2D eigenvalue weighted by molar-refractivity contribution is 9.10. The Hall–Kier alpha value is -1.03. The molecule has 1 rings (SSSR count). The highest BCUT2D eigenvalue weighted by Gasteiger charge is 2.13. The number of hydrogen-bond acceptors (Lipinski definition) is 2. The second kappa shape index (κ2) is 5.34. The SMILES string of the molecule is Cc1cc(Br)cc(C(=O)O)c1NCC(C)C. The predicted octanol–water partition coefficient (Wildman–Crippen LogP) is 3.52. The number of aromatic carboxylic acids is 1. The van der Waals surface area contributed by atoms with Crippen molar-refractivity contribution >= 4 is 27.6 Å². The van der Waals surface area contributed by atoms with Gasteiger partial charge in [0.25, 0.3) is 0 Å². The number of hydrogen-bond donors (Lipinski definition) is 2. The van der Waals surface area contributed by atoms with Crippen molar-refractivity contribution in [2.24, 2.45) is 5.92 Å². The smallest absolute Gasteiger partial charge is 0.337 e. The molecule has 0 heterocycles. The van der Waals surface area contributed by atoms with Crippen molar-refractivity contribution in [2.75, 3.05) is 11.9 Å². The molecular formula is C12H16BrNO2. The number of aryl methyl sites for hydroxylation is 1. The molecule has 0 unspecified atom stereocenters. The molecule has 0 amide bonds. The van der Waals surface area contributed by atoms with Gasteiger partial charge < -0.3 is 10.4 Å². The second-order valence-corrected chi connectivity index (χ2v) is 5.14. The zero-order valence-electron chi connectivity index (χ0n) is 9.67. The lowest BCUT2D eigenvalue weighted by atomic mass is 10.1. The van der Waals surface area contributed by atoms with Crippen molar-refractivity contribution in [3.63, 3.8) is 0 Å². The van der Waals surface area contributed by atoms with E-state index >= 15 is 0 Å². The predicted molar refractivity (Wildman–Crippen MR) is 69.2 cm³/mol. The van der Waals surface area contributed by atoms with Crippen LogP contribution in [0.5, 0.6) is 0 Å². The molecule has 0 aliphatic rings. The molecule has 0 fully saturated rings. The maximum Gasteiger partial charge on any atom is 0.337 e. The maximum atomic E-state index is 11.1. The Bertz CT molecular complexity index is 402. The van der Waals surface area contributed by atoms with Crippen LogP contribution in [0.4, 0.5) is 5.69 Å². The molecule has 1 aromatic rings. The van der Waals surface area contributed by atoms with Crippen LogP contribution in [0.2, 0.25) is 0 Å². The largest absolute Gasteiger partial charge is 0.478 e. The van der Waals surface area contributed by atoms with Gasteiger partial charge in [0.05, 0.1) is 11.3 Å². The van der Waals surface area contributed by atoms with Crippen LogP contribution < -0.4 is 5.32 Å². The van der Waals surface area contributed by atoms with Gasteiger partial charge >= 0.3 is 5.97 Å². The molecule has 0 aromatic heterocycles. The number of carboxylic acids is 1. The molecule has 0 saturated heterocycles. The number of rotatable bonds is 4. The van der Waals surface area contributed by atoms with Crippen LogP contribution in [0.3, 0.4) is 0 Å². The van der Waals surface area contributed by atoms with E-state index in [9.17, 15) is 4.79 Å². The number of anilines is 1. The number of carboxylic acid groups (broad SMARTS) is 1. The first-order valence-corrected chi connectivity index (χ1v) is 5.98. The maximum absolute atomic E-state index is 11.1. The summed E-state index contributed by atoms with van der Waals surface area (Å²) in [5.41, 5.74) is 1.96. The fourth-order valence-electron chi connectivity index (χ4n) is 1.45. The number of carbonyl (C=O) groups is 1. The Morgan fingerprint density at radius 2 is 2.12 bits per heavy atom. The third kappa shape index (κ3) is 3.23. The van der Waals surface area contributed by atoms with Crippen LogP contribution in [-0.4, -0.2) is 17.6 Å². The van der Waals surface area contributed by atoms with Gasteiger partial charge in [-0.2, -0.15) is 0 Å². The lowest BCUT2D eigenvalue weighted by Gasteiger charge is -2.14. The summed E-state index contributed by atoms with van der Waals surface area (Å²) in [7, 11) is 0. The van der Waals surface area contributed by atoms with E-state index < -0.39 is 5.97 Å². The summed E-state index contributed by atoms with van der Waals surface area (Å²) < 4.78 is 0.789. The quantitative estimate of drug-likeness (QED) is 0.890. The van der Waals surface area contributed by atoms with Crippen molar-refractivity contribution in [3.8, 4) is 0 Å². The lowest BCUT2D eigenvalue weighted by molar-refractivity contribution is 0.0697. The molecule has 0 radical (unpaired) electrons. The molecule has 3 nitrogen and oxygen atoms in total. The topological polar surface area (TPSA) is 49.3 Å². The summed E-state index contributed by atoms with van der Waals surface area (Å²) in [4.78, 5) is 11.1. The molecule has 4 heteroatoms. The number of nitrogens with one attached hydrogen (secondary N) is 1. The molecule has 0 saturated carbocycles. The van der Waals surface area contributed by atoms with Crippen LogP contribution in [0.15, 0.2) is 16.6 Å². The highest BCUT2D eigenvalue weighted by atomic mass is 79.9. The van der Waals surface area contributed by atoms with Gasteiger partial charge in [0.15, 0.2) is 0 Å². The van der Waals surface area contributed by atoms with Gasteiger partial charge in [-0.15, -0.1) is 0 Å². The Morgan fingerprint density at radius 1 is 1.50 bits per heavy atom. The van der Waals surface area contributed by atoms with Gasteiger partial charge in [-0.25, -0.2) is 4.79 Å². The molecular weight excluding hydrogens is 270 g/mol. The first-order valence-electron chi connectivity index (χ1n) is 5.19. The fourth-order valence-corrected chi connectivity index (χ4v) is 2.02. The molecule has 2 N–H and O–H groups in total. The van der Waals surface area contributed by atoms with Crippen molar-refractivity contribution in [1.29, 1.82) is 0 Å². The van der Waals surface area contributed by atoms with E-state index in [4.69, 9.17) is 5.11 Å². The highest BCUT2D eigenvalue weighted by Crippen LogP contribution is 2.26. The molecule has 0 aliphatic carbocycles. The molecule has 0 spiro atoms. The summed E-state index contributed by atoms with van der Waals surface area (Å²) in [5, 5.41) is 12.3. The van der Waals surface area contributed by atoms with E-state index in [-0.39, 0.29) is 0 Å². The van der Waals surface area contributed by atoms with Crippen LogP contribution in [0.25, 0.3) is 0 Å². The summed E-state index contributed by atoms with van der Waals surface area (Å²) in [6, 6.07) is 3.53. The zero-order valence-corrected chi connectivity index (χ0v) is 11.3. The van der Waals surface area contributed by atoms with Crippen molar-refractivity contribution in [2.45, 2.75) is 20.8 Å².